The molecule has 2 aromatic rings. The van der Waals surface area contributed by atoms with Gasteiger partial charge in [0.2, 0.25) is 17.7 Å². The number of carbonyl (C=O) groups is 5. The van der Waals surface area contributed by atoms with Gasteiger partial charge in [0.1, 0.15) is 18.2 Å². The number of amides is 4. The normalized spacial score (nSPS) is 20.2. The van der Waals surface area contributed by atoms with Crippen LogP contribution in [0.1, 0.15) is 39.2 Å². The maximum Gasteiger partial charge on any atom is 0.302 e. The zero-order valence-corrected chi connectivity index (χ0v) is 22.6. The number of carbonyl (C=O) groups excluding carboxylic acids is 5. The first-order valence-electron chi connectivity index (χ1n) is 12.9. The van der Waals surface area contributed by atoms with Crippen LogP contribution in [0.3, 0.4) is 0 Å². The predicted molar refractivity (Wildman–Crippen MR) is 144 cm³/mol. The first-order valence-corrected chi connectivity index (χ1v) is 12.9. The number of H-pyrrole nitrogens is 1. The smallest absolute Gasteiger partial charge is 0.302 e. The van der Waals surface area contributed by atoms with Gasteiger partial charge < -0.3 is 35.9 Å². The van der Waals surface area contributed by atoms with E-state index in [0.717, 1.165) is 17.1 Å². The Morgan fingerprint density at radius 3 is 2.55 bits per heavy atom. The van der Waals surface area contributed by atoms with Gasteiger partial charge in [0.05, 0.1) is 31.1 Å². The van der Waals surface area contributed by atoms with Crippen LogP contribution in [0.5, 0.6) is 0 Å². The van der Waals surface area contributed by atoms with Gasteiger partial charge in [-0.05, 0) is 25.5 Å². The van der Waals surface area contributed by atoms with Crippen molar-refractivity contribution >= 4 is 46.7 Å². The highest BCUT2D eigenvalue weighted by Gasteiger charge is 2.42. The number of hydrogen-bond acceptors (Lipinski definition) is 8. The zero-order valence-electron chi connectivity index (χ0n) is 22.6. The average Bonchev–Trinajstić information content (AvgIpc) is 3.47. The van der Waals surface area contributed by atoms with Crippen LogP contribution in [0, 0.1) is 5.92 Å². The minimum Gasteiger partial charge on any atom is -0.461 e. The summed E-state index contributed by atoms with van der Waals surface area (Å²) in [6.45, 7) is 3.94. The Labute approximate surface area is 230 Å². The summed E-state index contributed by atoms with van der Waals surface area (Å²) in [5, 5.41) is 23.0. The molecule has 1 aromatic carbocycles. The topological polar surface area (TPSA) is 204 Å². The van der Waals surface area contributed by atoms with Gasteiger partial charge >= 0.3 is 5.97 Å². The second-order valence-electron chi connectivity index (χ2n) is 9.99. The van der Waals surface area contributed by atoms with Gasteiger partial charge in [0, 0.05) is 43.1 Å². The molecule has 1 saturated heterocycles. The average molecular weight is 558 g/mol. The number of aliphatic hydroxyl groups is 2. The molecule has 216 valence electrons. The lowest BCUT2D eigenvalue weighted by Crippen LogP contribution is -2.51. The molecule has 0 radical (unpaired) electrons. The summed E-state index contributed by atoms with van der Waals surface area (Å²) in [6, 6.07) is 5.08. The van der Waals surface area contributed by atoms with Crippen LogP contribution >= 0.6 is 0 Å². The maximum atomic E-state index is 13.5. The molecule has 1 fully saturated rings. The summed E-state index contributed by atoms with van der Waals surface area (Å²) >= 11 is 0. The molecule has 4 amide bonds. The summed E-state index contributed by atoms with van der Waals surface area (Å²) in [4.78, 5) is 70.9. The molecule has 6 atom stereocenters. The van der Waals surface area contributed by atoms with Gasteiger partial charge in [0.15, 0.2) is 0 Å². The highest BCUT2D eigenvalue weighted by Crippen LogP contribution is 2.24. The number of nitrogens with zero attached hydrogens (tertiary/aromatic N) is 2. The summed E-state index contributed by atoms with van der Waals surface area (Å²) in [5.41, 5.74) is 6.82. The van der Waals surface area contributed by atoms with E-state index in [-0.39, 0.29) is 25.8 Å². The lowest BCUT2D eigenvalue weighted by molar-refractivity contribution is -0.146. The lowest BCUT2D eigenvalue weighted by atomic mass is 10.0. The first kappa shape index (κ1) is 30.4. The van der Waals surface area contributed by atoms with Crippen molar-refractivity contribution in [2.45, 2.75) is 70.4 Å². The van der Waals surface area contributed by atoms with Crippen molar-refractivity contribution in [3.63, 3.8) is 0 Å². The largest absolute Gasteiger partial charge is 0.461 e. The molecule has 1 aliphatic heterocycles. The Morgan fingerprint density at radius 1 is 1.23 bits per heavy atom. The van der Waals surface area contributed by atoms with E-state index < -0.39 is 65.9 Å². The van der Waals surface area contributed by atoms with Crippen LogP contribution in [0.25, 0.3) is 10.9 Å². The second-order valence-corrected chi connectivity index (χ2v) is 9.99. The number of aliphatic hydroxyl groups excluding tert-OH is 2. The molecule has 0 bridgehead atoms. The number of para-hydroxylation sites is 1. The Bertz CT molecular complexity index is 1290. The monoisotopic (exact) mass is 557 g/mol. The van der Waals surface area contributed by atoms with E-state index >= 15 is 0 Å². The number of ether oxygens (including phenoxy) is 1. The summed E-state index contributed by atoms with van der Waals surface area (Å²) < 4.78 is 5.24. The molecule has 0 spiro atoms. The first-order chi connectivity index (χ1) is 18.9. The molecular formula is C27H35N5O8. The number of aromatic nitrogens is 1. The minimum atomic E-state index is -1.22. The van der Waals surface area contributed by atoms with Gasteiger partial charge in [-0.15, -0.1) is 0 Å². The van der Waals surface area contributed by atoms with Crippen LogP contribution in [0.15, 0.2) is 35.5 Å². The Balaban J connectivity index is 1.89. The summed E-state index contributed by atoms with van der Waals surface area (Å²) in [6.07, 6.45) is -0.463. The number of fused-ring (bicyclic) bond motifs is 1. The quantitative estimate of drug-likeness (QED) is 0.181. The van der Waals surface area contributed by atoms with E-state index in [4.69, 9.17) is 10.5 Å². The molecule has 1 aromatic heterocycles. The number of rotatable bonds is 11. The molecule has 6 N–H and O–H groups in total. The third-order valence-corrected chi connectivity index (χ3v) is 6.61. The van der Waals surface area contributed by atoms with Crippen LogP contribution in [-0.2, 0) is 35.1 Å². The van der Waals surface area contributed by atoms with Gasteiger partial charge in [-0.25, -0.2) is 4.99 Å². The number of hydrogen-bond donors (Lipinski definition) is 5. The van der Waals surface area contributed by atoms with Gasteiger partial charge in [-0.1, -0.05) is 18.2 Å². The Hall–Kier alpha value is -4.10. The fourth-order valence-corrected chi connectivity index (χ4v) is 4.68. The fraction of sp³-hybridized carbons (Fsp3) is 0.481. The third kappa shape index (κ3) is 7.73. The number of aromatic amines is 1. The number of nitrogens with two attached hydrogens (primary N) is 1. The number of esters is 1. The fourth-order valence-electron chi connectivity index (χ4n) is 4.68. The van der Waals surface area contributed by atoms with Crippen molar-refractivity contribution in [3.8, 4) is 0 Å². The molecule has 1 unspecified atom stereocenters. The Morgan fingerprint density at radius 2 is 1.93 bits per heavy atom. The van der Waals surface area contributed by atoms with Crippen molar-refractivity contribution in [1.29, 1.82) is 0 Å². The Kier molecular flexibility index (Phi) is 10.1. The van der Waals surface area contributed by atoms with Crippen molar-refractivity contribution < 1.29 is 38.9 Å². The summed E-state index contributed by atoms with van der Waals surface area (Å²) in [7, 11) is 0. The maximum absolute atomic E-state index is 13.5. The van der Waals surface area contributed by atoms with Gasteiger partial charge in [-0.3, -0.25) is 24.0 Å². The van der Waals surface area contributed by atoms with E-state index in [0.29, 0.717) is 5.56 Å². The number of primary amides is 1. The lowest BCUT2D eigenvalue weighted by Gasteiger charge is -2.26. The molecular weight excluding hydrogens is 522 g/mol. The number of aliphatic imine (C=N–C) groups is 1. The second kappa shape index (κ2) is 13.3. The van der Waals surface area contributed by atoms with Crippen molar-refractivity contribution in [1.82, 2.24) is 15.2 Å². The molecule has 0 aliphatic carbocycles. The molecule has 1 aliphatic rings. The molecule has 2 heterocycles. The highest BCUT2D eigenvalue weighted by molar-refractivity contribution is 6.00. The van der Waals surface area contributed by atoms with Crippen molar-refractivity contribution in [2.75, 3.05) is 6.54 Å². The number of benzene rings is 1. The summed E-state index contributed by atoms with van der Waals surface area (Å²) in [5.74, 6) is -4.66. The number of nitrogens with one attached hydrogen (secondary N) is 2. The third-order valence-electron chi connectivity index (χ3n) is 6.61. The number of likely N-dealkylation sites (tertiary alicyclic amines) is 1. The molecule has 13 nitrogen and oxygen atoms in total. The van der Waals surface area contributed by atoms with Gasteiger partial charge in [-0.2, -0.15) is 0 Å². The van der Waals surface area contributed by atoms with Gasteiger partial charge in [0.25, 0.3) is 5.91 Å². The van der Waals surface area contributed by atoms with Crippen molar-refractivity contribution in [2.24, 2.45) is 16.6 Å². The van der Waals surface area contributed by atoms with E-state index in [1.54, 1.807) is 6.20 Å². The standard InChI is InChI=1S/C27H35N5O8/c1-14(33)8-24(36)32-13-18(40-16(3)35)10-23(32)27(39)31-22(26(38)30-12-20(15(2)34)25(28)37)9-17-11-29-21-7-5-4-6-19(17)21/h4-7,11-12,14-15,18,20,22-23,29,33-34H,8-10,13H2,1-3H3,(H2,28,37)(H,31,39)/b30-12+/t14-,15-,18-,20?,22+,23+/m1/s1. The zero-order chi connectivity index (χ0) is 29.6. The molecule has 3 rings (SSSR count). The minimum absolute atomic E-state index is 0.00000312. The van der Waals surface area contributed by atoms with E-state index in [2.05, 4.69) is 15.3 Å². The van der Waals surface area contributed by atoms with E-state index in [1.807, 2.05) is 24.3 Å². The molecule has 0 saturated carbocycles. The van der Waals surface area contributed by atoms with Crippen LogP contribution < -0.4 is 11.1 Å². The SMILES string of the molecule is CC(=O)O[C@@H]1C[C@@H](C(=O)N[C@@H](Cc2c[nH]c3ccccc23)C(=O)/N=C/C(C(N)=O)[C@@H](C)O)N(C(=O)C[C@@H](C)O)C1. The van der Waals surface area contributed by atoms with Crippen LogP contribution in [0.4, 0.5) is 0 Å². The van der Waals surface area contributed by atoms with Crippen molar-refractivity contribution in [3.05, 3.63) is 36.0 Å². The predicted octanol–water partition coefficient (Wildman–Crippen LogP) is -0.422. The highest BCUT2D eigenvalue weighted by atomic mass is 16.5. The molecule has 40 heavy (non-hydrogen) atoms. The van der Waals surface area contributed by atoms with E-state index in [1.165, 1.54) is 25.7 Å². The van der Waals surface area contributed by atoms with Crippen LogP contribution in [-0.4, -0.2) is 92.8 Å². The molecule has 13 heteroatoms. The van der Waals surface area contributed by atoms with E-state index in [9.17, 15) is 34.2 Å². The van der Waals surface area contributed by atoms with Crippen LogP contribution in [0.2, 0.25) is 0 Å².